The van der Waals surface area contributed by atoms with Crippen molar-refractivity contribution in [3.63, 3.8) is 0 Å². The van der Waals surface area contributed by atoms with Crippen molar-refractivity contribution in [2.24, 2.45) is 0 Å². The van der Waals surface area contributed by atoms with Crippen LogP contribution in [0, 0.1) is 0 Å². The molecule has 0 aromatic carbocycles. The second kappa shape index (κ2) is 6.63. The molecule has 0 aliphatic heterocycles. The SMILES string of the molecule is O=P(O)(O)O.[KH].[MgH2]. The molecule has 0 rings (SSSR count). The van der Waals surface area contributed by atoms with E-state index in [4.69, 9.17) is 19.2 Å². The van der Waals surface area contributed by atoms with Crippen molar-refractivity contribution in [2.45, 2.75) is 0 Å². The minimum absolute atomic E-state index is 0. The van der Waals surface area contributed by atoms with Gasteiger partial charge in [-0.25, -0.2) is 4.57 Å². The normalized spacial score (nSPS) is 8.43. The topological polar surface area (TPSA) is 77.8 Å². The van der Waals surface area contributed by atoms with Crippen LogP contribution in [-0.2, 0) is 4.57 Å². The first-order valence-corrected chi connectivity index (χ1v) is 2.35. The van der Waals surface area contributed by atoms with Crippen molar-refractivity contribution < 1.29 is 19.2 Å². The second-order valence-electron chi connectivity index (χ2n) is 0.513. The molecule has 0 unspecified atom stereocenters. The molecule has 0 amide bonds. The van der Waals surface area contributed by atoms with Gasteiger partial charge >= 0.3 is 82.3 Å². The summed E-state index contributed by atoms with van der Waals surface area (Å²) in [6.07, 6.45) is 0. The molecular formula is H6KMgO4P. The smallest absolute Gasteiger partial charge is 0.316 e. The summed E-state index contributed by atoms with van der Waals surface area (Å²) in [4.78, 5) is 21.6. The first-order chi connectivity index (χ1) is 2.00. The molecule has 0 bridgehead atoms. The quantitative estimate of drug-likeness (QED) is 0.273. The van der Waals surface area contributed by atoms with Gasteiger partial charge in [-0.2, -0.15) is 0 Å². The maximum absolute atomic E-state index is 8.88. The van der Waals surface area contributed by atoms with E-state index in [1.807, 2.05) is 0 Å². The Bertz CT molecular complexity index is 57.8. The standard InChI is InChI=1S/K.Mg.H3O4P.3H/c;;1-5(2,3)4;;;/h;;(H3,1,2,3,4);;;. The van der Waals surface area contributed by atoms with Crippen LogP contribution in [0.4, 0.5) is 0 Å². The number of hydrogen-bond acceptors (Lipinski definition) is 1. The molecule has 0 atom stereocenters. The van der Waals surface area contributed by atoms with Gasteiger partial charge in [0, 0.05) is 0 Å². The van der Waals surface area contributed by atoms with E-state index in [0.717, 1.165) is 0 Å². The van der Waals surface area contributed by atoms with E-state index in [1.165, 1.54) is 0 Å². The van der Waals surface area contributed by atoms with Crippen molar-refractivity contribution in [2.75, 3.05) is 0 Å². The van der Waals surface area contributed by atoms with Gasteiger partial charge in [-0.05, 0) is 0 Å². The molecule has 7 heavy (non-hydrogen) atoms. The monoisotopic (exact) mass is 164 g/mol. The Hall–Kier alpha value is 2.51. The van der Waals surface area contributed by atoms with Crippen LogP contribution in [0.1, 0.15) is 0 Å². The molecule has 38 valence electrons. The Morgan fingerprint density at radius 2 is 1.14 bits per heavy atom. The first-order valence-electron chi connectivity index (χ1n) is 0.783. The van der Waals surface area contributed by atoms with E-state index in [1.54, 1.807) is 0 Å². The summed E-state index contributed by atoms with van der Waals surface area (Å²) in [7, 11) is -4.64. The molecular weight excluding hydrogens is 158 g/mol. The molecule has 4 nitrogen and oxygen atoms in total. The molecule has 0 aliphatic rings. The Balaban J connectivity index is -0.0000000800. The van der Waals surface area contributed by atoms with Crippen LogP contribution in [0.3, 0.4) is 0 Å². The van der Waals surface area contributed by atoms with E-state index in [2.05, 4.69) is 0 Å². The third kappa shape index (κ3) is 57.2. The predicted molar refractivity (Wildman–Crippen MR) is 30.0 cm³/mol. The average molecular weight is 164 g/mol. The predicted octanol–water partition coefficient (Wildman–Crippen LogP) is -2.49. The number of hydrogen-bond donors (Lipinski definition) is 3. The second-order valence-corrected chi connectivity index (χ2v) is 1.54. The summed E-state index contributed by atoms with van der Waals surface area (Å²) < 4.78 is 8.88. The molecule has 0 fully saturated rings. The van der Waals surface area contributed by atoms with Gasteiger partial charge in [-0.3, -0.25) is 0 Å². The summed E-state index contributed by atoms with van der Waals surface area (Å²) in [6, 6.07) is 0. The zero-order valence-corrected chi connectivity index (χ0v) is 3.09. The van der Waals surface area contributed by atoms with Gasteiger partial charge in [0.2, 0.25) is 0 Å². The summed E-state index contributed by atoms with van der Waals surface area (Å²) in [5.41, 5.74) is 0. The number of rotatable bonds is 0. The van der Waals surface area contributed by atoms with E-state index in [9.17, 15) is 0 Å². The van der Waals surface area contributed by atoms with E-state index < -0.39 is 7.82 Å². The fraction of sp³-hybridized carbons (Fsp3) is 0. The summed E-state index contributed by atoms with van der Waals surface area (Å²) in [6.45, 7) is 0. The van der Waals surface area contributed by atoms with Gasteiger partial charge in [-0.15, -0.1) is 0 Å². The maximum atomic E-state index is 8.88. The van der Waals surface area contributed by atoms with Gasteiger partial charge in [0.25, 0.3) is 0 Å². The van der Waals surface area contributed by atoms with Gasteiger partial charge in [-0.1, -0.05) is 0 Å². The average Bonchev–Trinajstić information content (AvgIpc) is 0.722. The van der Waals surface area contributed by atoms with Crippen LogP contribution in [-0.4, -0.2) is 89.1 Å². The summed E-state index contributed by atoms with van der Waals surface area (Å²) in [5.74, 6) is 0. The first kappa shape index (κ1) is 16.3. The maximum Gasteiger partial charge on any atom is 0.316 e. The third-order valence-corrected chi connectivity index (χ3v) is 0. The van der Waals surface area contributed by atoms with E-state index in [0.29, 0.717) is 0 Å². The molecule has 0 saturated carbocycles. The van der Waals surface area contributed by atoms with Crippen LogP contribution in [0.2, 0.25) is 0 Å². The molecule has 0 radical (unpaired) electrons. The van der Waals surface area contributed by atoms with Gasteiger partial charge in [0.1, 0.15) is 0 Å². The minimum Gasteiger partial charge on any atom is 0.316 e. The zero-order valence-electron chi connectivity index (χ0n) is 2.20. The zero-order chi connectivity index (χ0) is 4.50. The fourth-order valence-electron chi connectivity index (χ4n) is 0. The Kier molecular flexibility index (Phi) is 15.4. The van der Waals surface area contributed by atoms with Crippen LogP contribution >= 0.6 is 7.82 Å². The molecule has 0 aliphatic carbocycles. The van der Waals surface area contributed by atoms with Gasteiger partial charge in [0.15, 0.2) is 0 Å². The van der Waals surface area contributed by atoms with Crippen molar-refractivity contribution in [1.29, 1.82) is 0 Å². The van der Waals surface area contributed by atoms with E-state index >= 15 is 0 Å². The Morgan fingerprint density at radius 3 is 1.14 bits per heavy atom. The van der Waals surface area contributed by atoms with Crippen molar-refractivity contribution in [1.82, 2.24) is 0 Å². The fourth-order valence-corrected chi connectivity index (χ4v) is 0. The molecule has 0 aromatic heterocycles. The van der Waals surface area contributed by atoms with Crippen LogP contribution in [0.15, 0.2) is 0 Å². The minimum atomic E-state index is -4.64. The molecule has 3 N–H and O–H groups in total. The van der Waals surface area contributed by atoms with Gasteiger partial charge < -0.3 is 14.7 Å². The van der Waals surface area contributed by atoms with Crippen LogP contribution in [0.25, 0.3) is 0 Å². The largest absolute Gasteiger partial charge is 0.316 e. The van der Waals surface area contributed by atoms with Crippen LogP contribution < -0.4 is 0 Å². The summed E-state index contributed by atoms with van der Waals surface area (Å²) in [5, 5.41) is 0. The van der Waals surface area contributed by atoms with Gasteiger partial charge in [0.05, 0.1) is 0 Å². The van der Waals surface area contributed by atoms with Crippen molar-refractivity contribution in [3.8, 4) is 0 Å². The van der Waals surface area contributed by atoms with Crippen molar-refractivity contribution in [3.05, 3.63) is 0 Å². The Morgan fingerprint density at radius 1 is 1.14 bits per heavy atom. The van der Waals surface area contributed by atoms with Crippen molar-refractivity contribution >= 4 is 82.3 Å². The molecule has 7 heteroatoms. The molecule has 0 saturated heterocycles. The third-order valence-electron chi connectivity index (χ3n) is 0. The molecule has 0 heterocycles. The van der Waals surface area contributed by atoms with Crippen LogP contribution in [0.5, 0.6) is 0 Å². The molecule has 0 spiro atoms. The van der Waals surface area contributed by atoms with E-state index in [-0.39, 0.29) is 74.4 Å². The Labute approximate surface area is 99.5 Å². The number of phosphoric acid groups is 1. The summed E-state index contributed by atoms with van der Waals surface area (Å²) >= 11 is 0. The molecule has 0 aromatic rings.